The molecular weight excluding hydrogens is 348 g/mol. The van der Waals surface area contributed by atoms with Crippen molar-refractivity contribution in [3.63, 3.8) is 0 Å². The second-order valence-corrected chi connectivity index (χ2v) is 8.34. The summed E-state index contributed by atoms with van der Waals surface area (Å²) in [4.78, 5) is 4.51. The molecule has 0 unspecified atom stereocenters. The van der Waals surface area contributed by atoms with Gasteiger partial charge >= 0.3 is 0 Å². The van der Waals surface area contributed by atoms with Crippen molar-refractivity contribution in [3.05, 3.63) is 66.9 Å². The van der Waals surface area contributed by atoms with Crippen LogP contribution in [-0.4, -0.2) is 36.9 Å². The number of benzene rings is 2. The first kappa shape index (κ1) is 17.0. The number of piperidine rings is 1. The van der Waals surface area contributed by atoms with Crippen LogP contribution in [0.1, 0.15) is 12.8 Å². The first-order chi connectivity index (χ1) is 12.6. The Bertz CT molecular complexity index is 998. The highest BCUT2D eigenvalue weighted by molar-refractivity contribution is 7.89. The fourth-order valence-corrected chi connectivity index (χ4v) is 4.76. The average Bonchev–Trinajstić information content (AvgIpc) is 2.69. The molecule has 4 rings (SSSR count). The Labute approximate surface area is 153 Å². The SMILES string of the molecule is O=S(=O)(c1ccc2ccccc2c1)N1CCC(Oc2ccccn2)CC1. The first-order valence-corrected chi connectivity index (χ1v) is 10.1. The van der Waals surface area contributed by atoms with E-state index in [2.05, 4.69) is 4.98 Å². The zero-order chi connectivity index (χ0) is 18.0. The van der Waals surface area contributed by atoms with Crippen LogP contribution >= 0.6 is 0 Å². The van der Waals surface area contributed by atoms with Gasteiger partial charge in [-0.1, -0.05) is 36.4 Å². The number of fused-ring (bicyclic) bond motifs is 1. The molecular formula is C20H20N2O3S. The molecule has 1 aliphatic rings. The molecule has 1 fully saturated rings. The van der Waals surface area contributed by atoms with Gasteiger partial charge in [-0.15, -0.1) is 0 Å². The number of hydrogen-bond acceptors (Lipinski definition) is 4. The summed E-state index contributed by atoms with van der Waals surface area (Å²) in [6.45, 7) is 0.902. The van der Waals surface area contributed by atoms with E-state index in [1.54, 1.807) is 22.6 Å². The highest BCUT2D eigenvalue weighted by Crippen LogP contribution is 2.25. The number of sulfonamides is 1. The summed E-state index contributed by atoms with van der Waals surface area (Å²) < 4.78 is 33.3. The molecule has 1 aliphatic heterocycles. The molecule has 0 bridgehead atoms. The van der Waals surface area contributed by atoms with Gasteiger partial charge in [0.25, 0.3) is 0 Å². The normalized spacial score (nSPS) is 16.6. The summed E-state index contributed by atoms with van der Waals surface area (Å²) in [7, 11) is -3.49. The summed E-state index contributed by atoms with van der Waals surface area (Å²) in [5, 5.41) is 1.97. The van der Waals surface area contributed by atoms with E-state index in [1.165, 1.54) is 0 Å². The number of nitrogens with zero attached hydrogens (tertiary/aromatic N) is 2. The Morgan fingerprint density at radius 1 is 0.923 bits per heavy atom. The topological polar surface area (TPSA) is 59.5 Å². The first-order valence-electron chi connectivity index (χ1n) is 8.69. The molecule has 0 saturated carbocycles. The largest absolute Gasteiger partial charge is 0.474 e. The standard InChI is InChI=1S/C20H20N2O3S/c23-26(24,19-9-8-16-5-1-2-6-17(16)15-19)22-13-10-18(11-14-22)25-20-7-3-4-12-21-20/h1-9,12,15,18H,10-11,13-14H2. The zero-order valence-corrected chi connectivity index (χ0v) is 15.1. The van der Waals surface area contributed by atoms with Gasteiger partial charge in [-0.25, -0.2) is 13.4 Å². The summed E-state index contributed by atoms with van der Waals surface area (Å²) >= 11 is 0. The van der Waals surface area contributed by atoms with E-state index < -0.39 is 10.0 Å². The van der Waals surface area contributed by atoms with Gasteiger partial charge in [-0.05, 0) is 41.8 Å². The third-order valence-corrected chi connectivity index (χ3v) is 6.58. The number of hydrogen-bond donors (Lipinski definition) is 0. The molecule has 0 aliphatic carbocycles. The fraction of sp³-hybridized carbons (Fsp3) is 0.250. The zero-order valence-electron chi connectivity index (χ0n) is 14.3. The third-order valence-electron chi connectivity index (χ3n) is 4.68. The molecule has 0 N–H and O–H groups in total. The maximum atomic E-state index is 13.0. The van der Waals surface area contributed by atoms with Crippen LogP contribution < -0.4 is 4.74 Å². The van der Waals surface area contributed by atoms with Crippen LogP contribution in [0.4, 0.5) is 0 Å². The second kappa shape index (κ2) is 7.05. The second-order valence-electron chi connectivity index (χ2n) is 6.40. The van der Waals surface area contributed by atoms with Crippen molar-refractivity contribution < 1.29 is 13.2 Å². The van der Waals surface area contributed by atoms with Gasteiger partial charge in [-0.2, -0.15) is 4.31 Å². The molecule has 26 heavy (non-hydrogen) atoms. The van der Waals surface area contributed by atoms with Crippen LogP contribution in [-0.2, 0) is 10.0 Å². The third kappa shape index (κ3) is 3.43. The van der Waals surface area contributed by atoms with E-state index in [0.29, 0.717) is 36.7 Å². The molecule has 1 aromatic heterocycles. The quantitative estimate of drug-likeness (QED) is 0.708. The van der Waals surface area contributed by atoms with Crippen molar-refractivity contribution in [2.75, 3.05) is 13.1 Å². The van der Waals surface area contributed by atoms with Gasteiger partial charge in [0.1, 0.15) is 6.10 Å². The van der Waals surface area contributed by atoms with Gasteiger partial charge in [0, 0.05) is 25.4 Å². The Morgan fingerprint density at radius 2 is 1.65 bits per heavy atom. The Kier molecular flexibility index (Phi) is 4.61. The Balaban J connectivity index is 1.47. The highest BCUT2D eigenvalue weighted by Gasteiger charge is 2.30. The van der Waals surface area contributed by atoms with Crippen LogP contribution in [0.2, 0.25) is 0 Å². The molecule has 0 radical (unpaired) electrons. The molecule has 134 valence electrons. The van der Waals surface area contributed by atoms with Gasteiger partial charge in [0.15, 0.2) is 0 Å². The number of ether oxygens (including phenoxy) is 1. The molecule has 3 aromatic rings. The summed E-state index contributed by atoms with van der Waals surface area (Å²) in [5.41, 5.74) is 0. The number of aromatic nitrogens is 1. The number of rotatable bonds is 4. The van der Waals surface area contributed by atoms with Crippen molar-refractivity contribution in [2.24, 2.45) is 0 Å². The predicted octanol–water partition coefficient (Wildman–Crippen LogP) is 3.47. The summed E-state index contributed by atoms with van der Waals surface area (Å²) in [5.74, 6) is 0.586. The molecule has 0 atom stereocenters. The van der Waals surface area contributed by atoms with E-state index in [-0.39, 0.29) is 6.10 Å². The fourth-order valence-electron chi connectivity index (χ4n) is 3.25. The van der Waals surface area contributed by atoms with Gasteiger partial charge in [0.2, 0.25) is 15.9 Å². The van der Waals surface area contributed by atoms with Crippen molar-refractivity contribution >= 4 is 20.8 Å². The maximum absolute atomic E-state index is 13.0. The molecule has 1 saturated heterocycles. The smallest absolute Gasteiger partial charge is 0.243 e. The van der Waals surface area contributed by atoms with E-state index in [4.69, 9.17) is 4.74 Å². The summed E-state index contributed by atoms with van der Waals surface area (Å²) in [6.07, 6.45) is 2.99. The van der Waals surface area contributed by atoms with Crippen molar-refractivity contribution in [1.29, 1.82) is 0 Å². The van der Waals surface area contributed by atoms with Crippen molar-refractivity contribution in [1.82, 2.24) is 9.29 Å². The van der Waals surface area contributed by atoms with Crippen molar-refractivity contribution in [2.45, 2.75) is 23.8 Å². The van der Waals surface area contributed by atoms with E-state index >= 15 is 0 Å². The molecule has 5 nitrogen and oxygen atoms in total. The van der Waals surface area contributed by atoms with Crippen LogP contribution in [0.3, 0.4) is 0 Å². The minimum absolute atomic E-state index is 0.00652. The van der Waals surface area contributed by atoms with Crippen molar-refractivity contribution in [3.8, 4) is 5.88 Å². The van der Waals surface area contributed by atoms with Crippen LogP contribution in [0, 0.1) is 0 Å². The predicted molar refractivity (Wildman–Crippen MR) is 101 cm³/mol. The molecule has 6 heteroatoms. The van der Waals surface area contributed by atoms with Crippen LogP contribution in [0.25, 0.3) is 10.8 Å². The molecule has 0 amide bonds. The Morgan fingerprint density at radius 3 is 2.38 bits per heavy atom. The monoisotopic (exact) mass is 368 g/mol. The van der Waals surface area contributed by atoms with E-state index in [1.807, 2.05) is 48.5 Å². The average molecular weight is 368 g/mol. The van der Waals surface area contributed by atoms with Gasteiger partial charge in [-0.3, -0.25) is 0 Å². The highest BCUT2D eigenvalue weighted by atomic mass is 32.2. The lowest BCUT2D eigenvalue weighted by Crippen LogP contribution is -2.41. The minimum Gasteiger partial charge on any atom is -0.474 e. The molecule has 0 spiro atoms. The molecule has 2 aromatic carbocycles. The number of pyridine rings is 1. The van der Waals surface area contributed by atoms with E-state index in [9.17, 15) is 8.42 Å². The minimum atomic E-state index is -3.49. The lowest BCUT2D eigenvalue weighted by atomic mass is 10.1. The maximum Gasteiger partial charge on any atom is 0.243 e. The lowest BCUT2D eigenvalue weighted by Gasteiger charge is -2.31. The lowest BCUT2D eigenvalue weighted by molar-refractivity contribution is 0.130. The van der Waals surface area contributed by atoms with Gasteiger partial charge < -0.3 is 4.74 Å². The van der Waals surface area contributed by atoms with Crippen LogP contribution in [0.15, 0.2) is 71.8 Å². The van der Waals surface area contributed by atoms with E-state index in [0.717, 1.165) is 10.8 Å². The van der Waals surface area contributed by atoms with Gasteiger partial charge in [0.05, 0.1) is 4.90 Å². The summed E-state index contributed by atoms with van der Waals surface area (Å²) in [6, 6.07) is 18.6. The molecule has 2 heterocycles. The Hall–Kier alpha value is -2.44. The van der Waals surface area contributed by atoms with Crippen LogP contribution in [0.5, 0.6) is 5.88 Å².